The Labute approximate surface area is 166 Å². The molecule has 1 aromatic heterocycles. The summed E-state index contributed by atoms with van der Waals surface area (Å²) in [6, 6.07) is 7.34. The van der Waals surface area contributed by atoms with Crippen molar-refractivity contribution in [3.05, 3.63) is 53.1 Å². The van der Waals surface area contributed by atoms with Crippen molar-refractivity contribution in [3.63, 3.8) is 0 Å². The molecule has 0 saturated carbocycles. The van der Waals surface area contributed by atoms with Gasteiger partial charge in [0.1, 0.15) is 24.7 Å². The molecule has 0 atom stereocenters. The van der Waals surface area contributed by atoms with E-state index in [0.717, 1.165) is 16.9 Å². The van der Waals surface area contributed by atoms with Gasteiger partial charge in [0.25, 0.3) is 5.91 Å². The third kappa shape index (κ3) is 6.60. The molecule has 0 saturated heterocycles. The van der Waals surface area contributed by atoms with Crippen molar-refractivity contribution >= 4 is 39.9 Å². The zero-order valence-corrected chi connectivity index (χ0v) is 16.4. The van der Waals surface area contributed by atoms with Gasteiger partial charge in [0.2, 0.25) is 5.91 Å². The van der Waals surface area contributed by atoms with Crippen molar-refractivity contribution in [1.29, 1.82) is 0 Å². The van der Waals surface area contributed by atoms with Crippen molar-refractivity contribution in [2.45, 2.75) is 13.8 Å². The van der Waals surface area contributed by atoms with Crippen LogP contribution in [0.1, 0.15) is 20.9 Å². The van der Waals surface area contributed by atoms with Crippen LogP contribution in [-0.2, 0) is 19.1 Å². The largest absolute Gasteiger partial charge is 0.457 e. The normalized spacial score (nSPS) is 10.2. The highest BCUT2D eigenvalue weighted by Gasteiger charge is 2.17. The number of thiazole rings is 1. The Hall–Kier alpha value is -3.04. The van der Waals surface area contributed by atoms with Crippen molar-refractivity contribution in [2.75, 3.05) is 30.5 Å². The Kier molecular flexibility index (Phi) is 7.85. The standard InChI is InChI=1S/C19H21N3O5S/c1-4-8-27-18(25)17-13(3)20-19(28-17)22-16(24)11-26-10-15(23)21-14-7-5-6-12(2)9-14/h4-7,9H,1,8,10-11H2,2-3H3,(H,21,23)(H,20,22,24). The van der Waals surface area contributed by atoms with Crippen LogP contribution in [0, 0.1) is 13.8 Å². The fourth-order valence-electron chi connectivity index (χ4n) is 2.15. The SMILES string of the molecule is C=CCOC(=O)c1sc(NC(=O)COCC(=O)Nc2cccc(C)c2)nc1C. The second kappa shape index (κ2) is 10.3. The summed E-state index contributed by atoms with van der Waals surface area (Å²) < 4.78 is 10.1. The van der Waals surface area contributed by atoms with Gasteiger partial charge in [-0.15, -0.1) is 0 Å². The fourth-order valence-corrected chi connectivity index (χ4v) is 3.03. The minimum Gasteiger partial charge on any atom is -0.457 e. The molecule has 0 aliphatic heterocycles. The molecule has 0 unspecified atom stereocenters. The van der Waals surface area contributed by atoms with Gasteiger partial charge in [0, 0.05) is 5.69 Å². The Morgan fingerprint density at radius 2 is 1.89 bits per heavy atom. The number of rotatable bonds is 9. The van der Waals surface area contributed by atoms with Crippen LogP contribution >= 0.6 is 11.3 Å². The van der Waals surface area contributed by atoms with E-state index in [2.05, 4.69) is 22.2 Å². The summed E-state index contributed by atoms with van der Waals surface area (Å²) in [7, 11) is 0. The molecule has 2 N–H and O–H groups in total. The summed E-state index contributed by atoms with van der Waals surface area (Å²) in [5.41, 5.74) is 2.13. The Morgan fingerprint density at radius 1 is 1.18 bits per heavy atom. The highest BCUT2D eigenvalue weighted by atomic mass is 32.1. The Bertz CT molecular complexity index is 878. The van der Waals surface area contributed by atoms with Crippen LogP contribution in [0.4, 0.5) is 10.8 Å². The molecule has 1 aromatic carbocycles. The number of ether oxygens (including phenoxy) is 2. The Balaban J connectivity index is 1.77. The molecule has 9 heteroatoms. The number of carbonyl (C=O) groups excluding carboxylic acids is 3. The lowest BCUT2D eigenvalue weighted by Gasteiger charge is -2.07. The first-order valence-electron chi connectivity index (χ1n) is 8.38. The maximum Gasteiger partial charge on any atom is 0.350 e. The first-order chi connectivity index (χ1) is 13.4. The molecule has 2 rings (SSSR count). The van der Waals surface area contributed by atoms with Crippen molar-refractivity contribution in [1.82, 2.24) is 4.98 Å². The second-order valence-corrected chi connectivity index (χ2v) is 6.78. The van der Waals surface area contributed by atoms with E-state index in [1.54, 1.807) is 13.0 Å². The van der Waals surface area contributed by atoms with Gasteiger partial charge in [-0.05, 0) is 31.5 Å². The second-order valence-electron chi connectivity index (χ2n) is 5.78. The highest BCUT2D eigenvalue weighted by Crippen LogP contribution is 2.23. The molecule has 0 bridgehead atoms. The van der Waals surface area contributed by atoms with Gasteiger partial charge < -0.3 is 14.8 Å². The number of hydrogen-bond acceptors (Lipinski definition) is 7. The van der Waals surface area contributed by atoms with Gasteiger partial charge in [0.05, 0.1) is 5.69 Å². The lowest BCUT2D eigenvalue weighted by molar-refractivity contribution is -0.125. The number of hydrogen-bond donors (Lipinski definition) is 2. The predicted octanol–water partition coefficient (Wildman–Crippen LogP) is 2.70. The van der Waals surface area contributed by atoms with Crippen molar-refractivity contribution in [2.24, 2.45) is 0 Å². The summed E-state index contributed by atoms with van der Waals surface area (Å²) >= 11 is 1.00. The number of amides is 2. The van der Waals surface area contributed by atoms with E-state index in [1.165, 1.54) is 6.08 Å². The summed E-state index contributed by atoms with van der Waals surface area (Å²) in [6.07, 6.45) is 1.46. The van der Waals surface area contributed by atoms with Gasteiger partial charge in [-0.1, -0.05) is 36.1 Å². The van der Waals surface area contributed by atoms with Crippen LogP contribution in [0.2, 0.25) is 0 Å². The third-order valence-corrected chi connectivity index (χ3v) is 4.38. The molecule has 8 nitrogen and oxygen atoms in total. The van der Waals surface area contributed by atoms with E-state index < -0.39 is 11.9 Å². The monoisotopic (exact) mass is 403 g/mol. The quantitative estimate of drug-likeness (QED) is 0.492. The molecule has 0 spiro atoms. The topological polar surface area (TPSA) is 107 Å². The van der Waals surface area contributed by atoms with Crippen molar-refractivity contribution < 1.29 is 23.9 Å². The van der Waals surface area contributed by atoms with Crippen LogP contribution in [0.5, 0.6) is 0 Å². The van der Waals surface area contributed by atoms with Crippen LogP contribution in [0.15, 0.2) is 36.9 Å². The van der Waals surface area contributed by atoms with Crippen LogP contribution in [0.3, 0.4) is 0 Å². The molecule has 0 fully saturated rings. The predicted molar refractivity (Wildman–Crippen MR) is 107 cm³/mol. The number of aryl methyl sites for hydroxylation is 2. The van der Waals surface area contributed by atoms with Gasteiger partial charge >= 0.3 is 5.97 Å². The Morgan fingerprint density at radius 3 is 2.57 bits per heavy atom. The highest BCUT2D eigenvalue weighted by molar-refractivity contribution is 7.17. The first kappa shape index (κ1) is 21.3. The number of nitrogens with one attached hydrogen (secondary N) is 2. The summed E-state index contributed by atoms with van der Waals surface area (Å²) in [4.78, 5) is 40.0. The number of carbonyl (C=O) groups is 3. The van der Waals surface area contributed by atoms with Gasteiger partial charge in [0.15, 0.2) is 5.13 Å². The summed E-state index contributed by atoms with van der Waals surface area (Å²) in [5.74, 6) is -1.38. The van der Waals surface area contributed by atoms with Gasteiger partial charge in [-0.25, -0.2) is 9.78 Å². The summed E-state index contributed by atoms with van der Waals surface area (Å²) in [5, 5.41) is 5.46. The molecule has 1 heterocycles. The zero-order chi connectivity index (χ0) is 20.5. The van der Waals surface area contributed by atoms with E-state index in [1.807, 2.05) is 25.1 Å². The van der Waals surface area contributed by atoms with Gasteiger partial charge in [-0.3, -0.25) is 14.9 Å². The molecular weight excluding hydrogens is 382 g/mol. The first-order valence-corrected chi connectivity index (χ1v) is 9.20. The third-order valence-electron chi connectivity index (χ3n) is 3.33. The molecule has 0 aliphatic carbocycles. The number of aromatic nitrogens is 1. The lowest BCUT2D eigenvalue weighted by atomic mass is 10.2. The molecule has 2 aromatic rings. The number of benzene rings is 1. The van der Waals surface area contributed by atoms with Crippen LogP contribution in [0.25, 0.3) is 0 Å². The lowest BCUT2D eigenvalue weighted by Crippen LogP contribution is -2.23. The van der Waals surface area contributed by atoms with Crippen molar-refractivity contribution in [3.8, 4) is 0 Å². The van der Waals surface area contributed by atoms with E-state index in [9.17, 15) is 14.4 Å². The fraction of sp³-hybridized carbons (Fsp3) is 0.263. The van der Waals surface area contributed by atoms with E-state index in [4.69, 9.17) is 9.47 Å². The minimum absolute atomic E-state index is 0.0936. The summed E-state index contributed by atoms with van der Waals surface area (Å²) in [6.45, 7) is 6.54. The maximum absolute atomic E-state index is 11.9. The molecular formula is C19H21N3O5S. The van der Waals surface area contributed by atoms with Crippen LogP contribution in [-0.4, -0.2) is 42.6 Å². The molecule has 28 heavy (non-hydrogen) atoms. The molecule has 148 valence electrons. The molecule has 0 aliphatic rings. The smallest absolute Gasteiger partial charge is 0.350 e. The minimum atomic E-state index is -0.528. The van der Waals surface area contributed by atoms with E-state index >= 15 is 0 Å². The van der Waals surface area contributed by atoms with E-state index in [-0.39, 0.29) is 30.9 Å². The average Bonchev–Trinajstić information content (AvgIpc) is 2.99. The van der Waals surface area contributed by atoms with Crippen LogP contribution < -0.4 is 10.6 Å². The molecule has 0 radical (unpaired) electrons. The van der Waals surface area contributed by atoms with E-state index in [0.29, 0.717) is 16.3 Å². The average molecular weight is 403 g/mol. The maximum atomic E-state index is 11.9. The number of esters is 1. The van der Waals surface area contributed by atoms with Gasteiger partial charge in [-0.2, -0.15) is 0 Å². The number of nitrogens with zero attached hydrogens (tertiary/aromatic N) is 1. The number of anilines is 2. The zero-order valence-electron chi connectivity index (χ0n) is 15.6. The molecule has 2 amide bonds.